The molecule has 17 heteroatoms. The predicted octanol–water partition coefficient (Wildman–Crippen LogP) is -0.350. The van der Waals surface area contributed by atoms with Gasteiger partial charge in [-0.25, -0.2) is 0 Å². The van der Waals surface area contributed by atoms with Crippen molar-refractivity contribution in [3.63, 3.8) is 0 Å². The number of hydrogen-bond acceptors (Lipinski definition) is 16. The summed E-state index contributed by atoms with van der Waals surface area (Å²) >= 11 is 0. The first kappa shape index (κ1) is 37.7. The molecule has 0 amide bonds. The van der Waals surface area contributed by atoms with Gasteiger partial charge in [0.25, 0.3) is 0 Å². The number of benzene rings is 2. The Morgan fingerprint density at radius 2 is 0.605 bits per heavy atom. The van der Waals surface area contributed by atoms with Crippen molar-refractivity contribution in [3.05, 3.63) is 35.4 Å². The maximum atomic E-state index is 11.1. The maximum Gasteiger partial charge on any atom is 2.00 e. The van der Waals surface area contributed by atoms with Crippen LogP contribution in [-0.4, -0.2) is 47.8 Å². The van der Waals surface area contributed by atoms with E-state index in [-0.39, 0.29) is 51.6 Å². The second kappa shape index (κ2) is 16.9. The van der Waals surface area contributed by atoms with Crippen LogP contribution in [0.25, 0.3) is 0 Å². The average Bonchev–Trinajstić information content (AvgIpc) is 2.81. The average molecular weight is 654 g/mol. The third-order valence-electron chi connectivity index (χ3n) is 4.02. The summed E-state index contributed by atoms with van der Waals surface area (Å²) in [6, 6.07) is 3.67. The summed E-state index contributed by atoms with van der Waals surface area (Å²) in [4.78, 5) is 88.1. The molecule has 0 spiro atoms. The Kier molecular flexibility index (Phi) is 14.8. The molecule has 0 aliphatic carbocycles. The van der Waals surface area contributed by atoms with Gasteiger partial charge < -0.3 is 48.2 Å². The molecule has 0 bridgehead atoms. The van der Waals surface area contributed by atoms with E-state index in [0.717, 1.165) is 65.8 Å². The summed E-state index contributed by atoms with van der Waals surface area (Å²) in [5, 5.41) is 21.8. The first-order valence-electron chi connectivity index (χ1n) is 11.3. The molecule has 233 valence electrons. The second-order valence-electron chi connectivity index (χ2n) is 7.74. The van der Waals surface area contributed by atoms with Crippen LogP contribution in [-0.2, 0) is 45.8 Å². The van der Waals surface area contributed by atoms with Crippen molar-refractivity contribution in [2.75, 3.05) is 0 Å². The monoisotopic (exact) mass is 653 g/mol. The number of carboxylic acids is 2. The minimum Gasteiger partial charge on any atom is -0.545 e. The first-order valence-corrected chi connectivity index (χ1v) is 11.3. The van der Waals surface area contributed by atoms with Crippen LogP contribution in [0.2, 0.25) is 0 Å². The van der Waals surface area contributed by atoms with Gasteiger partial charge in [-0.2, -0.15) is 0 Å². The quantitative estimate of drug-likeness (QED) is 0.201. The van der Waals surface area contributed by atoms with Crippen LogP contribution in [0.4, 0.5) is 0 Å². The van der Waals surface area contributed by atoms with E-state index in [0.29, 0.717) is 0 Å². The molecule has 2 aromatic carbocycles. The standard InChI is InChI=1S/2C13H12O8.Cu/c2*1-6(14)19-10-4-9(13(17)18)5-11(20-7(2)15)12(10)21-8(3)16;/h2*4-5H,1-3H3,(H,17,18);/q;;+2/p-2. The molecular formula is C26H22CuO16. The van der Waals surface area contributed by atoms with Crippen LogP contribution < -0.4 is 38.6 Å². The van der Waals surface area contributed by atoms with Gasteiger partial charge >= 0.3 is 52.9 Å². The van der Waals surface area contributed by atoms with Gasteiger partial charge in [0.1, 0.15) is 0 Å². The third kappa shape index (κ3) is 12.8. The van der Waals surface area contributed by atoms with E-state index in [9.17, 15) is 48.6 Å². The molecule has 1 radical (unpaired) electrons. The fraction of sp³-hybridized carbons (Fsp3) is 0.231. The fourth-order valence-corrected chi connectivity index (χ4v) is 2.80. The van der Waals surface area contributed by atoms with Gasteiger partial charge in [0.2, 0.25) is 11.5 Å². The number of carboxylic acid groups (broad SMARTS) is 2. The van der Waals surface area contributed by atoms with Crippen LogP contribution in [0.15, 0.2) is 24.3 Å². The molecule has 0 aliphatic rings. The van der Waals surface area contributed by atoms with Crippen LogP contribution in [0, 0.1) is 0 Å². The van der Waals surface area contributed by atoms with Gasteiger partial charge in [-0.1, -0.05) is 0 Å². The smallest absolute Gasteiger partial charge is 0.545 e. The van der Waals surface area contributed by atoms with E-state index in [1.165, 1.54) is 0 Å². The van der Waals surface area contributed by atoms with E-state index in [1.807, 2.05) is 0 Å². The molecular weight excluding hydrogens is 632 g/mol. The number of aromatic carboxylic acids is 2. The molecule has 16 nitrogen and oxygen atoms in total. The van der Waals surface area contributed by atoms with Crippen LogP contribution in [0.5, 0.6) is 34.5 Å². The molecule has 0 unspecified atom stereocenters. The van der Waals surface area contributed by atoms with Crippen molar-refractivity contribution in [2.24, 2.45) is 0 Å². The van der Waals surface area contributed by atoms with Crippen LogP contribution >= 0.6 is 0 Å². The van der Waals surface area contributed by atoms with Crippen molar-refractivity contribution in [1.29, 1.82) is 0 Å². The normalized spacial score (nSPS) is 9.44. The van der Waals surface area contributed by atoms with E-state index in [4.69, 9.17) is 28.4 Å². The molecule has 0 aliphatic heterocycles. The molecule has 2 rings (SSSR count). The summed E-state index contributed by atoms with van der Waals surface area (Å²) in [5.74, 6) is -10.2. The van der Waals surface area contributed by atoms with E-state index < -0.39 is 58.9 Å². The summed E-state index contributed by atoms with van der Waals surface area (Å²) in [6.07, 6.45) is 0. The minimum absolute atomic E-state index is 0. The van der Waals surface area contributed by atoms with Crippen LogP contribution in [0.3, 0.4) is 0 Å². The largest absolute Gasteiger partial charge is 2.00 e. The molecule has 0 aromatic heterocycles. The van der Waals surface area contributed by atoms with Gasteiger partial charge in [-0.15, -0.1) is 0 Å². The summed E-state index contributed by atoms with van der Waals surface area (Å²) < 4.78 is 28.7. The summed E-state index contributed by atoms with van der Waals surface area (Å²) in [7, 11) is 0. The Balaban J connectivity index is 0.000000802. The van der Waals surface area contributed by atoms with Gasteiger partial charge in [-0.05, 0) is 24.3 Å². The number of esters is 6. The topological polar surface area (TPSA) is 238 Å². The Morgan fingerprint density at radius 1 is 0.419 bits per heavy atom. The minimum atomic E-state index is -1.59. The Hall–Kier alpha value is -5.28. The summed E-state index contributed by atoms with van der Waals surface area (Å²) in [6.45, 7) is 6.40. The zero-order chi connectivity index (χ0) is 32.3. The first-order chi connectivity index (χ1) is 19.4. The number of carbonyl (C=O) groups excluding carboxylic acids is 8. The molecule has 0 atom stereocenters. The Labute approximate surface area is 253 Å². The summed E-state index contributed by atoms with van der Waals surface area (Å²) in [5.41, 5.74) is -0.836. The van der Waals surface area contributed by atoms with E-state index in [2.05, 4.69) is 0 Å². The van der Waals surface area contributed by atoms with Gasteiger partial charge in [0.05, 0.1) is 11.9 Å². The SMILES string of the molecule is CC(=O)Oc1cc(C(=O)[O-])cc(OC(C)=O)c1OC(C)=O.CC(=O)Oc1cc(C(=O)[O-])cc(OC(C)=O)c1OC(C)=O.[Cu+2]. The molecule has 2 aromatic rings. The van der Waals surface area contributed by atoms with Gasteiger partial charge in [-0.3, -0.25) is 28.8 Å². The third-order valence-corrected chi connectivity index (χ3v) is 4.02. The molecule has 0 N–H and O–H groups in total. The van der Waals surface area contributed by atoms with Crippen molar-refractivity contribution >= 4 is 47.8 Å². The van der Waals surface area contributed by atoms with Gasteiger partial charge in [0.15, 0.2) is 23.0 Å². The van der Waals surface area contributed by atoms with E-state index >= 15 is 0 Å². The maximum absolute atomic E-state index is 11.1. The molecule has 43 heavy (non-hydrogen) atoms. The molecule has 0 fully saturated rings. The van der Waals surface area contributed by atoms with Crippen molar-refractivity contribution in [3.8, 4) is 34.5 Å². The second-order valence-corrected chi connectivity index (χ2v) is 7.74. The van der Waals surface area contributed by atoms with Crippen LogP contribution in [0.1, 0.15) is 62.3 Å². The predicted molar refractivity (Wildman–Crippen MR) is 129 cm³/mol. The fourth-order valence-electron chi connectivity index (χ4n) is 2.80. The van der Waals surface area contributed by atoms with Crippen molar-refractivity contribution in [2.45, 2.75) is 41.5 Å². The van der Waals surface area contributed by atoms with Crippen molar-refractivity contribution < 1.29 is 94.1 Å². The molecule has 0 saturated heterocycles. The Bertz CT molecular complexity index is 1280. The van der Waals surface area contributed by atoms with Crippen molar-refractivity contribution in [1.82, 2.24) is 0 Å². The van der Waals surface area contributed by atoms with E-state index in [1.54, 1.807) is 0 Å². The zero-order valence-electron chi connectivity index (χ0n) is 23.1. The Morgan fingerprint density at radius 3 is 0.744 bits per heavy atom. The number of ether oxygens (including phenoxy) is 6. The molecule has 0 saturated carbocycles. The number of hydrogen-bond donors (Lipinski definition) is 0. The van der Waals surface area contributed by atoms with Gasteiger partial charge in [0, 0.05) is 52.7 Å². The number of rotatable bonds is 8. The molecule has 0 heterocycles. The number of carbonyl (C=O) groups is 8. The zero-order valence-corrected chi connectivity index (χ0v) is 24.1.